The fourth-order valence-corrected chi connectivity index (χ4v) is 6.64. The minimum Gasteiger partial charge on any atom is -0.490 e. The molecule has 11 nitrogen and oxygen atoms in total. The Morgan fingerprint density at radius 3 is 2.33 bits per heavy atom. The Kier molecular flexibility index (Phi) is 13.5. The molecule has 0 aromatic heterocycles. The molecule has 3 amide bonds. The predicted octanol–water partition coefficient (Wildman–Crippen LogP) is 6.60. The van der Waals surface area contributed by atoms with Crippen LogP contribution in [0.5, 0.6) is 5.75 Å². The molecule has 0 bridgehead atoms. The Bertz CT molecular complexity index is 1780. The van der Waals surface area contributed by atoms with Gasteiger partial charge >= 0.3 is 12.2 Å². The summed E-state index contributed by atoms with van der Waals surface area (Å²) in [5.41, 5.74) is -0.572. The summed E-state index contributed by atoms with van der Waals surface area (Å²) >= 11 is 0. The fourth-order valence-electron chi connectivity index (χ4n) is 5.59. The number of hydrogen-bond acceptors (Lipinski definition) is 7. The van der Waals surface area contributed by atoms with E-state index in [2.05, 4.69) is 10.0 Å². The smallest absolute Gasteiger partial charge is 0.416 e. The highest BCUT2D eigenvalue weighted by Crippen LogP contribution is 2.31. The molecule has 4 atom stereocenters. The van der Waals surface area contributed by atoms with Crippen molar-refractivity contribution in [2.45, 2.75) is 69.4 Å². The zero-order valence-corrected chi connectivity index (χ0v) is 30.1. The maximum atomic E-state index is 14.3. The molecular formula is C36H44F4N4O7S. The zero-order chi connectivity index (χ0) is 38.2. The van der Waals surface area contributed by atoms with Gasteiger partial charge in [0, 0.05) is 44.0 Å². The molecule has 3 aromatic carbocycles. The van der Waals surface area contributed by atoms with E-state index in [0.717, 1.165) is 48.5 Å². The summed E-state index contributed by atoms with van der Waals surface area (Å²) in [6.07, 6.45) is -3.49. The van der Waals surface area contributed by atoms with E-state index in [0.29, 0.717) is 25.9 Å². The maximum Gasteiger partial charge on any atom is 0.416 e. The molecular weight excluding hydrogens is 708 g/mol. The van der Waals surface area contributed by atoms with Gasteiger partial charge in [0.25, 0.3) is 15.9 Å². The fraction of sp³-hybridized carbons (Fsp3) is 0.444. The highest BCUT2D eigenvalue weighted by atomic mass is 32.2. The van der Waals surface area contributed by atoms with Crippen molar-refractivity contribution in [3.8, 4) is 5.75 Å². The van der Waals surface area contributed by atoms with Crippen LogP contribution in [0.3, 0.4) is 0 Å². The Hall–Kier alpha value is -4.41. The highest BCUT2D eigenvalue weighted by molar-refractivity contribution is 7.92. The number of sulfonamides is 1. The van der Waals surface area contributed by atoms with Crippen LogP contribution in [0.4, 0.5) is 33.7 Å². The maximum absolute atomic E-state index is 14.3. The number of alkyl halides is 3. The lowest BCUT2D eigenvalue weighted by Crippen LogP contribution is -2.48. The minimum absolute atomic E-state index is 0.0428. The van der Waals surface area contributed by atoms with Gasteiger partial charge in [-0.2, -0.15) is 13.2 Å². The second-order valence-corrected chi connectivity index (χ2v) is 14.6. The molecule has 1 aliphatic heterocycles. The number of hydrogen-bond donors (Lipinski definition) is 3. The van der Waals surface area contributed by atoms with Crippen molar-refractivity contribution in [3.63, 3.8) is 0 Å². The Labute approximate surface area is 300 Å². The standard InChI is InChI=1S/C36H44F4N4O7S/c1-23-20-44(24(2)22-45)34(46)31-19-29(42-52(48,49)30-15-10-27(37)11-16-30)14-17-32(31)51-25(3)7-5-6-18-50-33(23)21-43(4)35(47)41-28-12-8-26(9-13-28)36(38,39)40/h8-17,19,23-25,33,42,45H,5-7,18,20-22H2,1-4H3,(H,41,47)/t23-,24+,25-,33+/m0/s1. The largest absolute Gasteiger partial charge is 0.490 e. The summed E-state index contributed by atoms with van der Waals surface area (Å²) in [4.78, 5) is 30.0. The summed E-state index contributed by atoms with van der Waals surface area (Å²) in [6.45, 7) is 5.38. The van der Waals surface area contributed by atoms with E-state index < -0.39 is 64.2 Å². The number of aliphatic hydroxyl groups is 1. The molecule has 4 rings (SSSR count). The third-order valence-electron chi connectivity index (χ3n) is 8.69. The van der Waals surface area contributed by atoms with Gasteiger partial charge in [-0.3, -0.25) is 9.52 Å². The molecule has 0 saturated carbocycles. The molecule has 0 radical (unpaired) electrons. The summed E-state index contributed by atoms with van der Waals surface area (Å²) in [7, 11) is -2.63. The molecule has 52 heavy (non-hydrogen) atoms. The van der Waals surface area contributed by atoms with Crippen LogP contribution < -0.4 is 14.8 Å². The first-order valence-electron chi connectivity index (χ1n) is 16.8. The average molecular weight is 753 g/mol. The number of nitrogens with zero attached hydrogens (tertiary/aromatic N) is 2. The second kappa shape index (κ2) is 17.4. The summed E-state index contributed by atoms with van der Waals surface area (Å²) < 4.78 is 93.5. The normalized spacial score (nSPS) is 19.8. The summed E-state index contributed by atoms with van der Waals surface area (Å²) in [5, 5.41) is 12.8. The topological polar surface area (TPSA) is 138 Å². The number of ether oxygens (including phenoxy) is 2. The van der Waals surface area contributed by atoms with Crippen LogP contribution in [0.25, 0.3) is 0 Å². The van der Waals surface area contributed by atoms with Crippen molar-refractivity contribution in [1.29, 1.82) is 0 Å². The van der Waals surface area contributed by atoms with Crippen LogP contribution in [-0.4, -0.2) is 86.9 Å². The Balaban J connectivity index is 1.59. The van der Waals surface area contributed by atoms with E-state index >= 15 is 0 Å². The molecule has 0 saturated heterocycles. The zero-order valence-electron chi connectivity index (χ0n) is 29.3. The minimum atomic E-state index is -4.51. The van der Waals surface area contributed by atoms with Crippen molar-refractivity contribution >= 4 is 33.3 Å². The lowest BCUT2D eigenvalue weighted by atomic mass is 10.0. The van der Waals surface area contributed by atoms with Crippen LogP contribution in [0.1, 0.15) is 56.0 Å². The van der Waals surface area contributed by atoms with E-state index in [-0.39, 0.29) is 46.8 Å². The molecule has 3 aromatic rings. The van der Waals surface area contributed by atoms with Gasteiger partial charge in [0.1, 0.15) is 11.6 Å². The van der Waals surface area contributed by atoms with E-state index in [1.165, 1.54) is 35.0 Å². The molecule has 0 fully saturated rings. The van der Waals surface area contributed by atoms with Gasteiger partial charge in [-0.25, -0.2) is 17.6 Å². The first-order chi connectivity index (χ1) is 24.5. The number of likely N-dealkylation sites (N-methyl/N-ethyl adjacent to an activating group) is 1. The van der Waals surface area contributed by atoms with Gasteiger partial charge in [-0.1, -0.05) is 6.92 Å². The van der Waals surface area contributed by atoms with E-state index in [4.69, 9.17) is 9.47 Å². The number of anilines is 2. The number of amides is 3. The van der Waals surface area contributed by atoms with Crippen molar-refractivity contribution in [2.24, 2.45) is 5.92 Å². The third-order valence-corrected chi connectivity index (χ3v) is 10.1. The van der Waals surface area contributed by atoms with Crippen molar-refractivity contribution in [2.75, 3.05) is 43.4 Å². The van der Waals surface area contributed by atoms with E-state index in [1.54, 1.807) is 6.92 Å². The Morgan fingerprint density at radius 1 is 1.04 bits per heavy atom. The van der Waals surface area contributed by atoms with E-state index in [9.17, 15) is 40.7 Å². The van der Waals surface area contributed by atoms with Gasteiger partial charge in [0.2, 0.25) is 0 Å². The molecule has 284 valence electrons. The predicted molar refractivity (Wildman–Crippen MR) is 187 cm³/mol. The number of aliphatic hydroxyl groups excluding tert-OH is 1. The number of carbonyl (C=O) groups is 2. The van der Waals surface area contributed by atoms with Crippen LogP contribution in [0.15, 0.2) is 71.6 Å². The number of halogens is 4. The van der Waals surface area contributed by atoms with Gasteiger partial charge in [-0.15, -0.1) is 0 Å². The number of rotatable bonds is 8. The molecule has 0 aliphatic carbocycles. The van der Waals surface area contributed by atoms with E-state index in [1.807, 2.05) is 13.8 Å². The molecule has 3 N–H and O–H groups in total. The first-order valence-corrected chi connectivity index (χ1v) is 18.3. The quantitative estimate of drug-likeness (QED) is 0.221. The number of fused-ring (bicyclic) bond motifs is 1. The highest BCUT2D eigenvalue weighted by Gasteiger charge is 2.32. The SMILES string of the molecule is C[C@H](CO)N1C[C@H](C)[C@@H](CN(C)C(=O)Nc2ccc(C(F)(F)F)cc2)OCCCC[C@H](C)Oc2ccc(NS(=O)(=O)c3ccc(F)cc3)cc2C1=O. The molecule has 1 aliphatic rings. The number of urea groups is 1. The lowest BCUT2D eigenvalue weighted by Gasteiger charge is -2.35. The van der Waals surface area contributed by atoms with Crippen molar-refractivity contribution in [1.82, 2.24) is 9.80 Å². The average Bonchev–Trinajstić information content (AvgIpc) is 3.09. The van der Waals surface area contributed by atoms with Crippen LogP contribution in [0, 0.1) is 11.7 Å². The van der Waals surface area contributed by atoms with Gasteiger partial charge in [0.05, 0.1) is 40.9 Å². The second-order valence-electron chi connectivity index (χ2n) is 13.0. The molecule has 1 heterocycles. The van der Waals surface area contributed by atoms with Gasteiger partial charge < -0.3 is 29.7 Å². The summed E-state index contributed by atoms with van der Waals surface area (Å²) in [5.74, 6) is -1.35. The number of benzene rings is 3. The lowest BCUT2D eigenvalue weighted by molar-refractivity contribution is -0.137. The van der Waals surface area contributed by atoms with Crippen LogP contribution in [0.2, 0.25) is 0 Å². The van der Waals surface area contributed by atoms with Gasteiger partial charge in [0.15, 0.2) is 0 Å². The monoisotopic (exact) mass is 752 g/mol. The number of carbonyl (C=O) groups excluding carboxylic acids is 2. The van der Waals surface area contributed by atoms with Crippen molar-refractivity contribution in [3.05, 3.63) is 83.7 Å². The summed E-state index contributed by atoms with van der Waals surface area (Å²) in [6, 6.07) is 11.4. The molecule has 0 unspecified atom stereocenters. The molecule has 0 spiro atoms. The first kappa shape index (κ1) is 40.4. The Morgan fingerprint density at radius 2 is 1.69 bits per heavy atom. The van der Waals surface area contributed by atoms with Crippen LogP contribution >= 0.6 is 0 Å². The van der Waals surface area contributed by atoms with Crippen molar-refractivity contribution < 1.29 is 50.1 Å². The molecule has 16 heteroatoms. The van der Waals surface area contributed by atoms with Crippen LogP contribution in [-0.2, 0) is 20.9 Å². The third kappa shape index (κ3) is 10.8. The van der Waals surface area contributed by atoms with Gasteiger partial charge in [-0.05, 0) is 99.8 Å². The number of nitrogens with one attached hydrogen (secondary N) is 2.